The average Bonchev–Trinajstić information content (AvgIpc) is 2.73. The first kappa shape index (κ1) is 12.1. The molecule has 0 bridgehead atoms. The van der Waals surface area contributed by atoms with Crippen LogP contribution in [0.15, 0.2) is 35.5 Å². The minimum Gasteiger partial charge on any atom is -0.330 e. The quantitative estimate of drug-likeness (QED) is 0.649. The van der Waals surface area contributed by atoms with E-state index in [9.17, 15) is 0 Å². The van der Waals surface area contributed by atoms with Crippen LogP contribution in [-0.4, -0.2) is 27.1 Å². The molecular formula is C12H16N4S. The lowest BCUT2D eigenvalue weighted by atomic mass is 10.2. The Kier molecular flexibility index (Phi) is 4.17. The minimum absolute atomic E-state index is 0.719. The van der Waals surface area contributed by atoms with Crippen LogP contribution in [0.2, 0.25) is 0 Å². The Bertz CT molecular complexity index is 467. The number of thioether (sulfide) groups is 1. The van der Waals surface area contributed by atoms with E-state index >= 15 is 0 Å². The Morgan fingerprint density at radius 1 is 1.24 bits per heavy atom. The van der Waals surface area contributed by atoms with Gasteiger partial charge in [0.25, 0.3) is 0 Å². The van der Waals surface area contributed by atoms with Crippen LogP contribution in [0, 0.1) is 0 Å². The Labute approximate surface area is 105 Å². The summed E-state index contributed by atoms with van der Waals surface area (Å²) in [5, 5.41) is 9.37. The predicted octanol–water partition coefficient (Wildman–Crippen LogP) is 1.92. The summed E-state index contributed by atoms with van der Waals surface area (Å²) in [5.74, 6) is 1.89. The molecular weight excluding hydrogens is 232 g/mol. The van der Waals surface area contributed by atoms with Gasteiger partial charge in [-0.15, -0.1) is 10.2 Å². The van der Waals surface area contributed by atoms with Gasteiger partial charge in [0.15, 0.2) is 11.0 Å². The van der Waals surface area contributed by atoms with Gasteiger partial charge in [-0.3, -0.25) is 0 Å². The van der Waals surface area contributed by atoms with Gasteiger partial charge in [0, 0.05) is 18.4 Å². The Balaban J connectivity index is 2.15. The Morgan fingerprint density at radius 2 is 2.00 bits per heavy atom. The van der Waals surface area contributed by atoms with E-state index in [1.807, 2.05) is 41.9 Å². The molecule has 0 amide bonds. The standard InChI is InChI=1S/C12H16N4S/c1-16-11(10-6-3-2-4-7-10)14-15-12(16)17-9-5-8-13/h2-4,6-7H,5,8-9,13H2,1H3. The largest absolute Gasteiger partial charge is 0.330 e. The molecule has 0 spiro atoms. The van der Waals surface area contributed by atoms with Crippen molar-refractivity contribution in [1.29, 1.82) is 0 Å². The van der Waals surface area contributed by atoms with Crippen LogP contribution in [0.25, 0.3) is 11.4 Å². The number of aromatic nitrogens is 3. The fraction of sp³-hybridized carbons (Fsp3) is 0.333. The van der Waals surface area contributed by atoms with E-state index in [0.29, 0.717) is 0 Å². The summed E-state index contributed by atoms with van der Waals surface area (Å²) in [6, 6.07) is 10.1. The van der Waals surface area contributed by atoms with Crippen molar-refractivity contribution in [2.45, 2.75) is 11.6 Å². The van der Waals surface area contributed by atoms with Crippen LogP contribution in [-0.2, 0) is 7.05 Å². The fourth-order valence-corrected chi connectivity index (χ4v) is 2.40. The van der Waals surface area contributed by atoms with Crippen molar-refractivity contribution < 1.29 is 0 Å². The number of nitrogens with zero attached hydrogens (tertiary/aromatic N) is 3. The van der Waals surface area contributed by atoms with Gasteiger partial charge < -0.3 is 10.3 Å². The van der Waals surface area contributed by atoms with E-state index < -0.39 is 0 Å². The molecule has 0 aliphatic heterocycles. The zero-order chi connectivity index (χ0) is 12.1. The van der Waals surface area contributed by atoms with Gasteiger partial charge in [-0.2, -0.15) is 0 Å². The summed E-state index contributed by atoms with van der Waals surface area (Å²) in [4.78, 5) is 0. The normalized spacial score (nSPS) is 10.7. The van der Waals surface area contributed by atoms with Crippen LogP contribution < -0.4 is 5.73 Å². The van der Waals surface area contributed by atoms with E-state index in [2.05, 4.69) is 10.2 Å². The smallest absolute Gasteiger partial charge is 0.191 e. The summed E-state index contributed by atoms with van der Waals surface area (Å²) < 4.78 is 2.02. The molecule has 17 heavy (non-hydrogen) atoms. The first-order valence-electron chi connectivity index (χ1n) is 5.60. The van der Waals surface area contributed by atoms with Crippen molar-refractivity contribution in [2.75, 3.05) is 12.3 Å². The molecule has 0 saturated carbocycles. The molecule has 2 N–H and O–H groups in total. The molecule has 1 aromatic heterocycles. The Morgan fingerprint density at radius 3 is 2.71 bits per heavy atom. The van der Waals surface area contributed by atoms with E-state index in [4.69, 9.17) is 5.73 Å². The minimum atomic E-state index is 0.719. The SMILES string of the molecule is Cn1c(SCCCN)nnc1-c1ccccc1. The average molecular weight is 248 g/mol. The second kappa shape index (κ2) is 5.84. The van der Waals surface area contributed by atoms with Crippen molar-refractivity contribution >= 4 is 11.8 Å². The topological polar surface area (TPSA) is 56.7 Å². The van der Waals surface area contributed by atoms with Crippen LogP contribution in [0.3, 0.4) is 0 Å². The van der Waals surface area contributed by atoms with Crippen molar-refractivity contribution in [3.63, 3.8) is 0 Å². The molecule has 4 nitrogen and oxygen atoms in total. The van der Waals surface area contributed by atoms with Crippen molar-refractivity contribution in [3.05, 3.63) is 30.3 Å². The molecule has 5 heteroatoms. The third-order valence-corrected chi connectivity index (χ3v) is 3.55. The number of nitrogens with two attached hydrogens (primary N) is 1. The van der Waals surface area contributed by atoms with E-state index in [1.54, 1.807) is 11.8 Å². The van der Waals surface area contributed by atoms with Gasteiger partial charge in [0.1, 0.15) is 0 Å². The molecule has 0 unspecified atom stereocenters. The molecule has 0 aliphatic rings. The fourth-order valence-electron chi connectivity index (χ4n) is 1.53. The molecule has 1 aromatic carbocycles. The van der Waals surface area contributed by atoms with Crippen molar-refractivity contribution in [1.82, 2.24) is 14.8 Å². The first-order chi connectivity index (χ1) is 8.33. The highest BCUT2D eigenvalue weighted by Gasteiger charge is 2.09. The summed E-state index contributed by atoms with van der Waals surface area (Å²) in [5.41, 5.74) is 6.56. The van der Waals surface area contributed by atoms with Crippen LogP contribution in [0.5, 0.6) is 0 Å². The molecule has 1 heterocycles. The van der Waals surface area contributed by atoms with Gasteiger partial charge in [0.05, 0.1) is 0 Å². The number of benzene rings is 1. The lowest BCUT2D eigenvalue weighted by Crippen LogP contribution is -2.00. The third-order valence-electron chi connectivity index (χ3n) is 2.45. The molecule has 0 saturated heterocycles. The number of hydrogen-bond donors (Lipinski definition) is 1. The summed E-state index contributed by atoms with van der Waals surface area (Å²) in [7, 11) is 1.99. The zero-order valence-corrected chi connectivity index (χ0v) is 10.7. The number of hydrogen-bond acceptors (Lipinski definition) is 4. The van der Waals surface area contributed by atoms with Crippen molar-refractivity contribution in [2.24, 2.45) is 12.8 Å². The Hall–Kier alpha value is -1.33. The predicted molar refractivity (Wildman–Crippen MR) is 70.8 cm³/mol. The summed E-state index contributed by atoms with van der Waals surface area (Å²) >= 11 is 1.70. The zero-order valence-electron chi connectivity index (χ0n) is 9.84. The summed E-state index contributed by atoms with van der Waals surface area (Å²) in [6.07, 6.45) is 0.998. The second-order valence-electron chi connectivity index (χ2n) is 3.72. The first-order valence-corrected chi connectivity index (χ1v) is 6.59. The van der Waals surface area contributed by atoms with Gasteiger partial charge >= 0.3 is 0 Å². The van der Waals surface area contributed by atoms with Crippen LogP contribution >= 0.6 is 11.8 Å². The highest BCUT2D eigenvalue weighted by molar-refractivity contribution is 7.99. The maximum absolute atomic E-state index is 5.47. The molecule has 90 valence electrons. The monoisotopic (exact) mass is 248 g/mol. The molecule has 0 radical (unpaired) electrons. The van der Waals surface area contributed by atoms with Crippen molar-refractivity contribution in [3.8, 4) is 11.4 Å². The van der Waals surface area contributed by atoms with E-state index in [-0.39, 0.29) is 0 Å². The number of rotatable bonds is 5. The molecule has 0 atom stereocenters. The van der Waals surface area contributed by atoms with Gasteiger partial charge in [0.2, 0.25) is 0 Å². The highest BCUT2D eigenvalue weighted by Crippen LogP contribution is 2.22. The van der Waals surface area contributed by atoms with Gasteiger partial charge in [-0.05, 0) is 13.0 Å². The molecule has 0 fully saturated rings. The summed E-state index contributed by atoms with van der Waals surface area (Å²) in [6.45, 7) is 0.719. The second-order valence-corrected chi connectivity index (χ2v) is 4.78. The van der Waals surface area contributed by atoms with Crippen LogP contribution in [0.4, 0.5) is 0 Å². The lowest BCUT2D eigenvalue weighted by molar-refractivity contribution is 0.792. The molecule has 0 aliphatic carbocycles. The molecule has 2 rings (SSSR count). The lowest BCUT2D eigenvalue weighted by Gasteiger charge is -2.03. The maximum Gasteiger partial charge on any atom is 0.191 e. The van der Waals surface area contributed by atoms with E-state index in [0.717, 1.165) is 35.3 Å². The highest BCUT2D eigenvalue weighted by atomic mass is 32.2. The molecule has 2 aromatic rings. The third kappa shape index (κ3) is 2.87. The van der Waals surface area contributed by atoms with E-state index in [1.165, 1.54) is 0 Å². The van der Waals surface area contributed by atoms with Crippen LogP contribution in [0.1, 0.15) is 6.42 Å². The van der Waals surface area contributed by atoms with Gasteiger partial charge in [-0.25, -0.2) is 0 Å². The maximum atomic E-state index is 5.47. The van der Waals surface area contributed by atoms with Gasteiger partial charge in [-0.1, -0.05) is 42.1 Å².